The number of phenolic OH excluding ortho intramolecular Hbond substituents is 1. The summed E-state index contributed by atoms with van der Waals surface area (Å²) in [5.41, 5.74) is 3.85. The molecule has 0 aromatic heterocycles. The Kier molecular flexibility index (Phi) is 2.46. The Morgan fingerprint density at radius 3 is 2.36 bits per heavy atom. The van der Waals surface area contributed by atoms with Crippen LogP contribution in [0.3, 0.4) is 0 Å². The molecule has 1 aromatic carbocycles. The second-order valence-electron chi connectivity index (χ2n) is 2.61. The summed E-state index contributed by atoms with van der Waals surface area (Å²) < 4.78 is 41.2. The Labute approximate surface area is 77.9 Å². The normalized spacial score (nSPS) is 11.4. The molecule has 3 N–H and O–H groups in total. The number of phenols is 1. The molecule has 3 nitrogen and oxygen atoms in total. The topological polar surface area (TPSA) is 55.5 Å². The lowest BCUT2D eigenvalue weighted by atomic mass is 10.1. The van der Waals surface area contributed by atoms with Gasteiger partial charge in [-0.15, -0.1) is 0 Å². The smallest absolute Gasteiger partial charge is 0.416 e. The first-order valence-electron chi connectivity index (χ1n) is 3.60. The highest BCUT2D eigenvalue weighted by molar-refractivity contribution is 5.61. The number of alkyl halides is 3. The number of anilines is 1. The molecule has 0 fully saturated rings. The van der Waals surface area contributed by atoms with Gasteiger partial charge in [0.2, 0.25) is 0 Å². The first-order valence-corrected chi connectivity index (χ1v) is 3.60. The van der Waals surface area contributed by atoms with Crippen molar-refractivity contribution in [1.29, 1.82) is 0 Å². The van der Waals surface area contributed by atoms with E-state index < -0.39 is 17.5 Å². The number of hydrogen-bond acceptors (Lipinski definition) is 3. The molecule has 0 amide bonds. The van der Waals surface area contributed by atoms with Crippen LogP contribution in [0.4, 0.5) is 18.9 Å². The molecule has 78 valence electrons. The van der Waals surface area contributed by atoms with E-state index in [0.717, 1.165) is 7.11 Å². The van der Waals surface area contributed by atoms with Crippen molar-refractivity contribution in [3.8, 4) is 11.5 Å². The highest BCUT2D eigenvalue weighted by atomic mass is 19.4. The number of rotatable bonds is 1. The molecular formula is C8H8F3NO2. The van der Waals surface area contributed by atoms with Crippen LogP contribution < -0.4 is 10.5 Å². The average molecular weight is 207 g/mol. The summed E-state index contributed by atoms with van der Waals surface area (Å²) in [5.74, 6) is -0.780. The number of ether oxygens (including phenoxy) is 1. The molecule has 0 aliphatic carbocycles. The number of methoxy groups -OCH3 is 1. The Morgan fingerprint density at radius 2 is 1.93 bits per heavy atom. The highest BCUT2D eigenvalue weighted by Gasteiger charge is 2.32. The summed E-state index contributed by atoms with van der Waals surface area (Å²) in [6, 6.07) is 1.34. The van der Waals surface area contributed by atoms with E-state index in [1.54, 1.807) is 0 Å². The molecule has 0 saturated heterocycles. The molecule has 0 radical (unpaired) electrons. The zero-order valence-electron chi connectivity index (χ0n) is 7.22. The molecule has 0 heterocycles. The maximum Gasteiger partial charge on any atom is 0.416 e. The molecule has 0 aliphatic rings. The molecule has 0 spiro atoms. The second-order valence-corrected chi connectivity index (χ2v) is 2.61. The molecule has 14 heavy (non-hydrogen) atoms. The minimum atomic E-state index is -4.50. The first-order chi connectivity index (χ1) is 6.36. The van der Waals surface area contributed by atoms with Gasteiger partial charge in [0, 0.05) is 0 Å². The number of hydrogen-bond donors (Lipinski definition) is 2. The number of aromatic hydroxyl groups is 1. The molecule has 0 aliphatic heterocycles. The monoisotopic (exact) mass is 207 g/mol. The second kappa shape index (κ2) is 3.28. The average Bonchev–Trinajstić information content (AvgIpc) is 2.07. The Morgan fingerprint density at radius 1 is 1.36 bits per heavy atom. The molecule has 0 atom stereocenters. The van der Waals surface area contributed by atoms with E-state index in [2.05, 4.69) is 4.74 Å². The number of nitrogen functional groups attached to an aromatic ring is 1. The van der Waals surface area contributed by atoms with Gasteiger partial charge in [0.05, 0.1) is 18.4 Å². The standard InChI is InChI=1S/C8H8F3NO2/c1-14-6-3-4(8(9,10)11)2-5(12)7(6)13/h2-3,13H,12H2,1H3. The van der Waals surface area contributed by atoms with Crippen LogP contribution in [0.1, 0.15) is 5.56 Å². The molecule has 1 rings (SSSR count). The SMILES string of the molecule is COc1cc(C(F)(F)F)cc(N)c1O. The lowest BCUT2D eigenvalue weighted by molar-refractivity contribution is -0.137. The molecular weight excluding hydrogens is 199 g/mol. The molecule has 1 aromatic rings. The van der Waals surface area contributed by atoms with Crippen molar-refractivity contribution in [2.75, 3.05) is 12.8 Å². The van der Waals surface area contributed by atoms with Gasteiger partial charge in [0.15, 0.2) is 11.5 Å². The van der Waals surface area contributed by atoms with Gasteiger partial charge in [0.25, 0.3) is 0 Å². The van der Waals surface area contributed by atoms with E-state index in [4.69, 9.17) is 5.73 Å². The molecule has 0 saturated carbocycles. The van der Waals surface area contributed by atoms with Crippen molar-refractivity contribution in [3.05, 3.63) is 17.7 Å². The molecule has 6 heteroatoms. The summed E-state index contributed by atoms with van der Waals surface area (Å²) in [4.78, 5) is 0. The van der Waals surface area contributed by atoms with Gasteiger partial charge in [-0.2, -0.15) is 13.2 Å². The minimum absolute atomic E-state index is 0.294. The van der Waals surface area contributed by atoms with Crippen LogP contribution in [0.25, 0.3) is 0 Å². The predicted molar refractivity (Wildman–Crippen MR) is 44.1 cm³/mol. The zero-order chi connectivity index (χ0) is 10.9. The lowest BCUT2D eigenvalue weighted by Crippen LogP contribution is -2.06. The van der Waals surface area contributed by atoms with Gasteiger partial charge >= 0.3 is 6.18 Å². The fourth-order valence-electron chi connectivity index (χ4n) is 0.949. The van der Waals surface area contributed by atoms with Crippen molar-refractivity contribution in [1.82, 2.24) is 0 Å². The lowest BCUT2D eigenvalue weighted by Gasteiger charge is -2.11. The van der Waals surface area contributed by atoms with Gasteiger partial charge in [-0.25, -0.2) is 0 Å². The van der Waals surface area contributed by atoms with Crippen LogP contribution in [0, 0.1) is 0 Å². The maximum atomic E-state index is 12.2. The van der Waals surface area contributed by atoms with Crippen LogP contribution in [0.5, 0.6) is 11.5 Å². The summed E-state index contributed by atoms with van der Waals surface area (Å²) in [7, 11) is 1.15. The third-order valence-corrected chi connectivity index (χ3v) is 1.65. The van der Waals surface area contributed by atoms with E-state index in [9.17, 15) is 18.3 Å². The van der Waals surface area contributed by atoms with Gasteiger partial charge in [-0.05, 0) is 12.1 Å². The Balaban J connectivity index is 3.30. The quantitative estimate of drug-likeness (QED) is 0.547. The van der Waals surface area contributed by atoms with Crippen molar-refractivity contribution in [3.63, 3.8) is 0 Å². The highest BCUT2D eigenvalue weighted by Crippen LogP contribution is 2.39. The molecule has 0 unspecified atom stereocenters. The van der Waals surface area contributed by atoms with Gasteiger partial charge in [0.1, 0.15) is 0 Å². The van der Waals surface area contributed by atoms with Crippen LogP contribution in [0.15, 0.2) is 12.1 Å². The summed E-state index contributed by atoms with van der Waals surface area (Å²) in [6.07, 6.45) is -4.50. The van der Waals surface area contributed by atoms with E-state index in [-0.39, 0.29) is 11.4 Å². The van der Waals surface area contributed by atoms with Crippen LogP contribution >= 0.6 is 0 Å². The summed E-state index contributed by atoms with van der Waals surface area (Å²) in [6.45, 7) is 0. The van der Waals surface area contributed by atoms with E-state index in [0.29, 0.717) is 12.1 Å². The first kappa shape index (κ1) is 10.5. The van der Waals surface area contributed by atoms with Crippen LogP contribution in [0.2, 0.25) is 0 Å². The van der Waals surface area contributed by atoms with Crippen molar-refractivity contribution in [2.45, 2.75) is 6.18 Å². The largest absolute Gasteiger partial charge is 0.503 e. The van der Waals surface area contributed by atoms with Gasteiger partial charge in [-0.3, -0.25) is 0 Å². The number of halogens is 3. The Bertz CT molecular complexity index is 349. The van der Waals surface area contributed by atoms with Crippen molar-refractivity contribution >= 4 is 5.69 Å². The van der Waals surface area contributed by atoms with E-state index in [1.807, 2.05) is 0 Å². The van der Waals surface area contributed by atoms with E-state index >= 15 is 0 Å². The molecule has 0 bridgehead atoms. The maximum absolute atomic E-state index is 12.2. The van der Waals surface area contributed by atoms with Gasteiger partial charge in [-0.1, -0.05) is 0 Å². The summed E-state index contributed by atoms with van der Waals surface area (Å²) >= 11 is 0. The van der Waals surface area contributed by atoms with Gasteiger partial charge < -0.3 is 15.6 Å². The summed E-state index contributed by atoms with van der Waals surface area (Å²) in [5, 5.41) is 9.17. The number of nitrogens with two attached hydrogens (primary N) is 1. The minimum Gasteiger partial charge on any atom is -0.503 e. The number of benzene rings is 1. The Hall–Kier alpha value is -1.59. The van der Waals surface area contributed by atoms with Crippen molar-refractivity contribution < 1.29 is 23.0 Å². The van der Waals surface area contributed by atoms with Crippen molar-refractivity contribution in [2.24, 2.45) is 0 Å². The predicted octanol–water partition coefficient (Wildman–Crippen LogP) is 2.00. The van der Waals surface area contributed by atoms with Crippen LogP contribution in [-0.2, 0) is 6.18 Å². The third-order valence-electron chi connectivity index (χ3n) is 1.65. The van der Waals surface area contributed by atoms with E-state index in [1.165, 1.54) is 0 Å². The fraction of sp³-hybridized carbons (Fsp3) is 0.250. The third kappa shape index (κ3) is 1.84. The van der Waals surface area contributed by atoms with Crippen LogP contribution in [-0.4, -0.2) is 12.2 Å². The zero-order valence-corrected chi connectivity index (χ0v) is 7.22. The fourth-order valence-corrected chi connectivity index (χ4v) is 0.949.